The highest BCUT2D eigenvalue weighted by molar-refractivity contribution is 5.69. The Balaban J connectivity index is 3.38. The van der Waals surface area contributed by atoms with Gasteiger partial charge in [0.1, 0.15) is 0 Å². The van der Waals surface area contributed by atoms with Gasteiger partial charge < -0.3 is 9.47 Å². The van der Waals surface area contributed by atoms with Crippen LogP contribution in [0, 0.1) is 0 Å². The van der Waals surface area contributed by atoms with Crippen LogP contribution in [0.4, 0.5) is 0 Å². The summed E-state index contributed by atoms with van der Waals surface area (Å²) in [5.41, 5.74) is 0. The van der Waals surface area contributed by atoms with E-state index in [9.17, 15) is 4.79 Å². The van der Waals surface area contributed by atoms with Crippen LogP contribution >= 0.6 is 0 Å². The maximum atomic E-state index is 11.8. The van der Waals surface area contributed by atoms with E-state index in [4.69, 9.17) is 9.47 Å². The molecule has 3 nitrogen and oxygen atoms in total. The first-order chi connectivity index (χ1) is 11.7. The minimum absolute atomic E-state index is 0.103. The molecule has 1 unspecified atom stereocenters. The van der Waals surface area contributed by atoms with Gasteiger partial charge >= 0.3 is 5.97 Å². The van der Waals surface area contributed by atoms with Gasteiger partial charge in [-0.25, -0.2) is 0 Å². The van der Waals surface area contributed by atoms with Crippen molar-refractivity contribution in [1.82, 2.24) is 0 Å². The lowest BCUT2D eigenvalue weighted by molar-refractivity contribution is -0.179. The quantitative estimate of drug-likeness (QED) is 0.156. The topological polar surface area (TPSA) is 35.5 Å². The first kappa shape index (κ1) is 23.4. The summed E-state index contributed by atoms with van der Waals surface area (Å²) in [5.74, 6) is -0.103. The summed E-state index contributed by atoms with van der Waals surface area (Å²) in [5, 5.41) is 0. The molecular formula is C21H42O3. The van der Waals surface area contributed by atoms with Crippen LogP contribution in [0.3, 0.4) is 0 Å². The summed E-state index contributed by atoms with van der Waals surface area (Å²) in [6.45, 7) is 7.06. The van der Waals surface area contributed by atoms with Crippen LogP contribution in [-0.4, -0.2) is 18.9 Å². The lowest BCUT2D eigenvalue weighted by atomic mass is 10.1. The number of carbonyl (C=O) groups is 1. The van der Waals surface area contributed by atoms with Gasteiger partial charge in [0.2, 0.25) is 6.29 Å². The van der Waals surface area contributed by atoms with Crippen molar-refractivity contribution in [2.45, 2.75) is 123 Å². The van der Waals surface area contributed by atoms with Crippen molar-refractivity contribution in [3.63, 3.8) is 0 Å². The Morgan fingerprint density at radius 2 is 1.21 bits per heavy atom. The summed E-state index contributed by atoms with van der Waals surface area (Å²) < 4.78 is 10.9. The third kappa shape index (κ3) is 16.3. The van der Waals surface area contributed by atoms with Crippen molar-refractivity contribution in [2.75, 3.05) is 6.61 Å². The van der Waals surface area contributed by atoms with Gasteiger partial charge in [0.05, 0.1) is 6.61 Å². The molecule has 0 radical (unpaired) electrons. The van der Waals surface area contributed by atoms with E-state index in [0.717, 1.165) is 32.1 Å². The van der Waals surface area contributed by atoms with Gasteiger partial charge in [-0.3, -0.25) is 4.79 Å². The number of hydrogen-bond acceptors (Lipinski definition) is 3. The second kappa shape index (κ2) is 18.8. The maximum absolute atomic E-state index is 11.8. The molecule has 0 saturated heterocycles. The molecule has 0 aromatic heterocycles. The Bertz CT molecular complexity index is 266. The molecule has 0 heterocycles. The Kier molecular flexibility index (Phi) is 18.3. The average Bonchev–Trinajstić information content (AvgIpc) is 2.59. The standard InChI is InChI=1S/C21H42O3/c1-4-7-9-10-11-12-13-14-15-16-17-18-20(22)24-21(6-3)23-19-8-5-2/h21H,4-19H2,1-3H3. The minimum atomic E-state index is -0.350. The molecule has 0 N–H and O–H groups in total. The van der Waals surface area contributed by atoms with E-state index in [1.807, 2.05) is 6.92 Å². The fraction of sp³-hybridized carbons (Fsp3) is 0.952. The predicted octanol–water partition coefficient (Wildman–Crippen LogP) is 6.78. The first-order valence-electron chi connectivity index (χ1n) is 10.6. The van der Waals surface area contributed by atoms with Gasteiger partial charge in [0.15, 0.2) is 0 Å². The van der Waals surface area contributed by atoms with Crippen molar-refractivity contribution < 1.29 is 14.3 Å². The molecule has 24 heavy (non-hydrogen) atoms. The monoisotopic (exact) mass is 342 g/mol. The number of carbonyl (C=O) groups excluding carboxylic acids is 1. The highest BCUT2D eigenvalue weighted by Crippen LogP contribution is 2.12. The minimum Gasteiger partial charge on any atom is -0.436 e. The van der Waals surface area contributed by atoms with E-state index in [0.29, 0.717) is 13.0 Å². The van der Waals surface area contributed by atoms with Gasteiger partial charge in [-0.1, -0.05) is 91.4 Å². The van der Waals surface area contributed by atoms with E-state index in [1.165, 1.54) is 57.8 Å². The second-order valence-electron chi connectivity index (χ2n) is 6.84. The molecule has 0 aromatic rings. The summed E-state index contributed by atoms with van der Waals surface area (Å²) in [7, 11) is 0. The van der Waals surface area contributed by atoms with E-state index in [1.54, 1.807) is 0 Å². The van der Waals surface area contributed by atoms with E-state index < -0.39 is 0 Å². The smallest absolute Gasteiger partial charge is 0.308 e. The van der Waals surface area contributed by atoms with Crippen LogP contribution in [0.2, 0.25) is 0 Å². The summed E-state index contributed by atoms with van der Waals surface area (Å²) in [6.07, 6.45) is 17.3. The molecule has 0 spiro atoms. The highest BCUT2D eigenvalue weighted by Gasteiger charge is 2.12. The number of rotatable bonds is 18. The number of hydrogen-bond donors (Lipinski definition) is 0. The maximum Gasteiger partial charge on any atom is 0.308 e. The molecule has 0 amide bonds. The van der Waals surface area contributed by atoms with E-state index in [-0.39, 0.29) is 12.3 Å². The molecule has 0 fully saturated rings. The highest BCUT2D eigenvalue weighted by atomic mass is 16.7. The third-order valence-electron chi connectivity index (χ3n) is 4.38. The molecule has 144 valence electrons. The normalized spacial score (nSPS) is 12.3. The SMILES string of the molecule is CCCCCCCCCCCCCC(=O)OC(CC)OCCCC. The molecule has 0 aliphatic carbocycles. The van der Waals surface area contributed by atoms with Crippen LogP contribution < -0.4 is 0 Å². The van der Waals surface area contributed by atoms with Crippen molar-refractivity contribution in [3.05, 3.63) is 0 Å². The summed E-state index contributed by atoms with van der Waals surface area (Å²) in [6, 6.07) is 0. The summed E-state index contributed by atoms with van der Waals surface area (Å²) >= 11 is 0. The van der Waals surface area contributed by atoms with Crippen LogP contribution in [-0.2, 0) is 14.3 Å². The Hall–Kier alpha value is -0.570. The molecule has 0 saturated carbocycles. The lowest BCUT2D eigenvalue weighted by Crippen LogP contribution is -2.21. The molecule has 0 aliphatic heterocycles. The zero-order chi connectivity index (χ0) is 17.9. The largest absolute Gasteiger partial charge is 0.436 e. The van der Waals surface area contributed by atoms with Gasteiger partial charge in [0.25, 0.3) is 0 Å². The Morgan fingerprint density at radius 1 is 0.708 bits per heavy atom. The van der Waals surface area contributed by atoms with Gasteiger partial charge in [-0.05, 0) is 12.8 Å². The Labute approximate surface area is 150 Å². The third-order valence-corrected chi connectivity index (χ3v) is 4.38. The zero-order valence-electron chi connectivity index (χ0n) is 16.6. The summed E-state index contributed by atoms with van der Waals surface area (Å²) in [4.78, 5) is 11.8. The molecule has 0 bridgehead atoms. The molecule has 0 rings (SSSR count). The van der Waals surface area contributed by atoms with Crippen molar-refractivity contribution in [1.29, 1.82) is 0 Å². The van der Waals surface area contributed by atoms with Crippen LogP contribution in [0.25, 0.3) is 0 Å². The first-order valence-corrected chi connectivity index (χ1v) is 10.6. The number of unbranched alkanes of at least 4 members (excludes halogenated alkanes) is 11. The average molecular weight is 343 g/mol. The van der Waals surface area contributed by atoms with Crippen molar-refractivity contribution in [2.24, 2.45) is 0 Å². The van der Waals surface area contributed by atoms with Gasteiger partial charge in [0, 0.05) is 12.8 Å². The van der Waals surface area contributed by atoms with E-state index >= 15 is 0 Å². The molecule has 3 heteroatoms. The predicted molar refractivity (Wildman–Crippen MR) is 102 cm³/mol. The fourth-order valence-electron chi connectivity index (χ4n) is 2.73. The zero-order valence-corrected chi connectivity index (χ0v) is 16.6. The number of ether oxygens (including phenoxy) is 2. The lowest BCUT2D eigenvalue weighted by Gasteiger charge is -2.16. The van der Waals surface area contributed by atoms with Crippen LogP contribution in [0.15, 0.2) is 0 Å². The van der Waals surface area contributed by atoms with Crippen LogP contribution in [0.1, 0.15) is 117 Å². The molecular weight excluding hydrogens is 300 g/mol. The van der Waals surface area contributed by atoms with Crippen molar-refractivity contribution in [3.8, 4) is 0 Å². The second-order valence-corrected chi connectivity index (χ2v) is 6.84. The van der Waals surface area contributed by atoms with Crippen molar-refractivity contribution >= 4 is 5.97 Å². The van der Waals surface area contributed by atoms with E-state index in [2.05, 4.69) is 13.8 Å². The molecule has 0 aromatic carbocycles. The van der Waals surface area contributed by atoms with Crippen LogP contribution in [0.5, 0.6) is 0 Å². The number of esters is 1. The fourth-order valence-corrected chi connectivity index (χ4v) is 2.73. The Morgan fingerprint density at radius 3 is 1.71 bits per heavy atom. The molecule has 1 atom stereocenters. The van der Waals surface area contributed by atoms with Gasteiger partial charge in [-0.15, -0.1) is 0 Å². The van der Waals surface area contributed by atoms with Gasteiger partial charge in [-0.2, -0.15) is 0 Å². The molecule has 0 aliphatic rings.